The molecule has 0 N–H and O–H groups in total. The molecule has 0 bridgehead atoms. The first-order valence-corrected chi connectivity index (χ1v) is 9.50. The quantitative estimate of drug-likeness (QED) is 0.730. The summed E-state index contributed by atoms with van der Waals surface area (Å²) in [5, 5.41) is 8.59. The number of halogens is 1. The van der Waals surface area contributed by atoms with Crippen molar-refractivity contribution in [2.45, 2.75) is 12.8 Å². The van der Waals surface area contributed by atoms with Crippen molar-refractivity contribution in [2.24, 2.45) is 0 Å². The molecule has 146 valence electrons. The Hall–Kier alpha value is -2.87. The number of anilines is 1. The normalized spacial score (nSPS) is 18.2. The molecule has 8 heteroatoms. The molecule has 0 radical (unpaired) electrons. The molecule has 2 aliphatic heterocycles. The van der Waals surface area contributed by atoms with Crippen LogP contribution in [0.3, 0.4) is 0 Å². The number of amides is 2. The number of carbonyl (C=O) groups is 2. The van der Waals surface area contributed by atoms with Gasteiger partial charge in [-0.3, -0.25) is 19.4 Å². The summed E-state index contributed by atoms with van der Waals surface area (Å²) in [5.41, 5.74) is 1.54. The summed E-state index contributed by atoms with van der Waals surface area (Å²) in [6.07, 6.45) is 0.693. The number of nitrogens with zero attached hydrogens (tertiary/aromatic N) is 5. The van der Waals surface area contributed by atoms with Gasteiger partial charge in [0.25, 0.3) is 0 Å². The van der Waals surface area contributed by atoms with Gasteiger partial charge in [-0.15, -0.1) is 10.2 Å². The first-order valence-electron chi connectivity index (χ1n) is 9.50. The van der Waals surface area contributed by atoms with Crippen LogP contribution in [-0.2, 0) is 9.59 Å². The molecule has 2 fully saturated rings. The van der Waals surface area contributed by atoms with Crippen LogP contribution in [0.2, 0.25) is 0 Å². The Labute approximate surface area is 162 Å². The van der Waals surface area contributed by atoms with Gasteiger partial charge in [0.15, 0.2) is 5.82 Å². The lowest BCUT2D eigenvalue weighted by molar-refractivity contribution is -0.138. The number of likely N-dealkylation sites (tertiary alicyclic amines) is 1. The lowest BCUT2D eigenvalue weighted by atomic mass is 10.1. The van der Waals surface area contributed by atoms with Crippen molar-refractivity contribution in [3.63, 3.8) is 0 Å². The second-order valence-electron chi connectivity index (χ2n) is 7.05. The first kappa shape index (κ1) is 18.5. The van der Waals surface area contributed by atoms with Crippen LogP contribution in [-0.4, -0.2) is 71.1 Å². The number of carbonyl (C=O) groups excluding carboxylic acids is 2. The van der Waals surface area contributed by atoms with Gasteiger partial charge < -0.3 is 4.90 Å². The molecule has 4 rings (SSSR count). The minimum Gasteiger partial charge on any atom is -0.353 e. The summed E-state index contributed by atoms with van der Waals surface area (Å²) in [6, 6.07) is 10.0. The summed E-state index contributed by atoms with van der Waals surface area (Å²) in [4.78, 5) is 29.2. The molecule has 2 aromatic rings. The number of benzene rings is 1. The van der Waals surface area contributed by atoms with E-state index in [1.54, 1.807) is 12.1 Å². The topological polar surface area (TPSA) is 69.6 Å². The zero-order chi connectivity index (χ0) is 19.5. The highest BCUT2D eigenvalue weighted by atomic mass is 19.1. The number of aromatic nitrogens is 2. The molecule has 0 unspecified atom stereocenters. The van der Waals surface area contributed by atoms with E-state index >= 15 is 0 Å². The molecule has 1 aromatic heterocycles. The number of rotatable bonds is 5. The van der Waals surface area contributed by atoms with Gasteiger partial charge in [-0.05, 0) is 36.4 Å². The molecular weight excluding hydrogens is 361 g/mol. The fourth-order valence-electron chi connectivity index (χ4n) is 3.58. The Morgan fingerprint density at radius 2 is 1.50 bits per heavy atom. The molecule has 2 aliphatic rings. The Bertz CT molecular complexity index is 832. The summed E-state index contributed by atoms with van der Waals surface area (Å²) in [7, 11) is 0. The minimum atomic E-state index is -0.273. The lowest BCUT2D eigenvalue weighted by Crippen LogP contribution is -2.49. The average molecular weight is 383 g/mol. The third-order valence-electron chi connectivity index (χ3n) is 5.28. The van der Waals surface area contributed by atoms with Crippen LogP contribution in [0.4, 0.5) is 10.2 Å². The molecular formula is C20H22FN5O2. The molecule has 0 spiro atoms. The smallest absolute Gasteiger partial charge is 0.229 e. The highest BCUT2D eigenvalue weighted by Gasteiger charge is 2.29. The number of imide groups is 1. The maximum Gasteiger partial charge on any atom is 0.229 e. The van der Waals surface area contributed by atoms with Gasteiger partial charge in [-0.25, -0.2) is 4.39 Å². The fraction of sp³-hybridized carbons (Fsp3) is 0.400. The maximum atomic E-state index is 13.0. The lowest BCUT2D eigenvalue weighted by Gasteiger charge is -2.35. The molecule has 7 nitrogen and oxygen atoms in total. The minimum absolute atomic E-state index is 0.0554. The molecule has 3 heterocycles. The summed E-state index contributed by atoms with van der Waals surface area (Å²) >= 11 is 0. The summed E-state index contributed by atoms with van der Waals surface area (Å²) in [5.74, 6) is 0.431. The van der Waals surface area contributed by atoms with Crippen LogP contribution in [0.1, 0.15) is 12.8 Å². The van der Waals surface area contributed by atoms with Crippen molar-refractivity contribution in [2.75, 3.05) is 44.2 Å². The largest absolute Gasteiger partial charge is 0.353 e. The number of hydrogen-bond donors (Lipinski definition) is 0. The van der Waals surface area contributed by atoms with Crippen LogP contribution >= 0.6 is 0 Å². The second-order valence-corrected chi connectivity index (χ2v) is 7.05. The molecule has 28 heavy (non-hydrogen) atoms. The highest BCUT2D eigenvalue weighted by molar-refractivity contribution is 6.01. The van der Waals surface area contributed by atoms with Crippen molar-refractivity contribution < 1.29 is 14.0 Å². The Morgan fingerprint density at radius 3 is 2.11 bits per heavy atom. The SMILES string of the molecule is O=C1CCC(=O)N1CCN1CCN(c2ccc(-c3ccc(F)cc3)nn2)CC1. The molecule has 1 aromatic carbocycles. The van der Waals surface area contributed by atoms with Crippen molar-refractivity contribution >= 4 is 17.6 Å². The molecule has 0 atom stereocenters. The van der Waals surface area contributed by atoms with Crippen molar-refractivity contribution in [3.05, 3.63) is 42.2 Å². The van der Waals surface area contributed by atoms with E-state index in [4.69, 9.17) is 0 Å². The van der Waals surface area contributed by atoms with E-state index in [9.17, 15) is 14.0 Å². The predicted octanol–water partition coefficient (Wildman–Crippen LogP) is 1.55. The monoisotopic (exact) mass is 383 g/mol. The van der Waals surface area contributed by atoms with Gasteiger partial charge in [0.05, 0.1) is 5.69 Å². The predicted molar refractivity (Wildman–Crippen MR) is 102 cm³/mol. The fourth-order valence-corrected chi connectivity index (χ4v) is 3.58. The highest BCUT2D eigenvalue weighted by Crippen LogP contribution is 2.20. The second kappa shape index (κ2) is 8.02. The zero-order valence-corrected chi connectivity index (χ0v) is 15.6. The van der Waals surface area contributed by atoms with Gasteiger partial charge in [-0.1, -0.05) is 0 Å². The van der Waals surface area contributed by atoms with Gasteiger partial charge >= 0.3 is 0 Å². The van der Waals surface area contributed by atoms with Crippen LogP contribution in [0.15, 0.2) is 36.4 Å². The van der Waals surface area contributed by atoms with Crippen molar-refractivity contribution in [1.29, 1.82) is 0 Å². The van der Waals surface area contributed by atoms with E-state index in [1.807, 2.05) is 12.1 Å². The third kappa shape index (κ3) is 4.01. The number of hydrogen-bond acceptors (Lipinski definition) is 6. The maximum absolute atomic E-state index is 13.0. The van der Waals surface area contributed by atoms with Crippen LogP contribution in [0.5, 0.6) is 0 Å². The Balaban J connectivity index is 1.29. The summed E-state index contributed by atoms with van der Waals surface area (Å²) < 4.78 is 13.0. The average Bonchev–Trinajstić information content (AvgIpc) is 3.05. The first-order chi connectivity index (χ1) is 13.6. The van der Waals surface area contributed by atoms with Crippen molar-refractivity contribution in [3.8, 4) is 11.3 Å². The van der Waals surface area contributed by atoms with Crippen LogP contribution < -0.4 is 4.90 Å². The molecule has 0 saturated carbocycles. The van der Waals surface area contributed by atoms with Gasteiger partial charge in [0, 0.05) is 57.7 Å². The van der Waals surface area contributed by atoms with Gasteiger partial charge in [0.1, 0.15) is 5.82 Å². The van der Waals surface area contributed by atoms with Crippen molar-refractivity contribution in [1.82, 2.24) is 20.0 Å². The third-order valence-corrected chi connectivity index (χ3v) is 5.28. The van der Waals surface area contributed by atoms with E-state index in [2.05, 4.69) is 20.0 Å². The Kier molecular flexibility index (Phi) is 5.29. The number of piperazine rings is 1. The zero-order valence-electron chi connectivity index (χ0n) is 15.6. The Morgan fingerprint density at radius 1 is 0.821 bits per heavy atom. The summed E-state index contributed by atoms with van der Waals surface area (Å²) in [6.45, 7) is 4.50. The van der Waals surface area contributed by atoms with Crippen LogP contribution in [0.25, 0.3) is 11.3 Å². The van der Waals surface area contributed by atoms with Gasteiger partial charge in [0.2, 0.25) is 11.8 Å². The van der Waals surface area contributed by atoms with Crippen LogP contribution in [0, 0.1) is 5.82 Å². The standard InChI is InChI=1S/C20H22FN5O2/c21-16-3-1-15(2-4-16)17-5-6-18(23-22-17)25-12-9-24(10-13-25)11-14-26-19(27)7-8-20(26)28/h1-6H,7-14H2. The van der Waals surface area contributed by atoms with E-state index in [0.29, 0.717) is 31.6 Å². The van der Waals surface area contributed by atoms with E-state index in [0.717, 1.165) is 37.6 Å². The molecule has 2 amide bonds. The molecule has 2 saturated heterocycles. The van der Waals surface area contributed by atoms with E-state index < -0.39 is 0 Å². The van der Waals surface area contributed by atoms with E-state index in [1.165, 1.54) is 17.0 Å². The van der Waals surface area contributed by atoms with E-state index in [-0.39, 0.29) is 17.6 Å². The molecule has 0 aliphatic carbocycles. The van der Waals surface area contributed by atoms with Gasteiger partial charge in [-0.2, -0.15) is 0 Å².